The fourth-order valence-electron chi connectivity index (χ4n) is 3.07. The fraction of sp³-hybridized carbons (Fsp3) is 0.250. The summed E-state index contributed by atoms with van der Waals surface area (Å²) in [5, 5.41) is 9.66. The minimum Gasteiger partial charge on any atom is -0.358 e. The maximum absolute atomic E-state index is 9.66. The first-order valence-corrected chi connectivity index (χ1v) is 7.96. The number of rotatable bonds is 4. The van der Waals surface area contributed by atoms with Gasteiger partial charge in [0, 0.05) is 24.6 Å². The van der Waals surface area contributed by atoms with Crippen LogP contribution in [0.1, 0.15) is 24.8 Å². The first kappa shape index (κ1) is 15.3. The Balaban J connectivity index is 2.00. The quantitative estimate of drug-likeness (QED) is 0.837. The van der Waals surface area contributed by atoms with Gasteiger partial charge in [0.1, 0.15) is 18.0 Å². The number of hydrogen-bond acceptors (Lipinski definition) is 3. The van der Waals surface area contributed by atoms with Crippen molar-refractivity contribution in [3.05, 3.63) is 78.0 Å². The molecule has 0 amide bonds. The predicted molar refractivity (Wildman–Crippen MR) is 91.8 cm³/mol. The van der Waals surface area contributed by atoms with E-state index in [0.717, 1.165) is 12.1 Å². The SMILES string of the molecule is CCO[C@@H]1C[C@H](c2ccccc2)C=C(C#N)N1c1ccccc1. The molecule has 3 nitrogen and oxygen atoms in total. The van der Waals surface area contributed by atoms with Crippen molar-refractivity contribution < 1.29 is 4.74 Å². The number of nitrogens with zero attached hydrogens (tertiary/aromatic N) is 2. The van der Waals surface area contributed by atoms with E-state index in [1.807, 2.05) is 60.4 Å². The molecule has 1 aliphatic heterocycles. The molecule has 0 radical (unpaired) electrons. The Labute approximate surface area is 137 Å². The van der Waals surface area contributed by atoms with Crippen LogP contribution in [0, 0.1) is 11.3 Å². The summed E-state index contributed by atoms with van der Waals surface area (Å²) in [5.41, 5.74) is 2.86. The standard InChI is InChI=1S/C20H20N2O/c1-2-23-20-14-17(16-9-5-3-6-10-16)13-19(15-21)22(20)18-11-7-4-8-12-18/h3-13,17,20H,2,14H2,1H3/t17-,20-/m1/s1. The molecule has 2 aromatic rings. The van der Waals surface area contributed by atoms with Crippen LogP contribution in [-0.2, 0) is 4.74 Å². The van der Waals surface area contributed by atoms with E-state index in [-0.39, 0.29) is 12.1 Å². The van der Waals surface area contributed by atoms with Crippen molar-refractivity contribution in [2.24, 2.45) is 0 Å². The summed E-state index contributed by atoms with van der Waals surface area (Å²) in [7, 11) is 0. The zero-order chi connectivity index (χ0) is 16.1. The lowest BCUT2D eigenvalue weighted by Gasteiger charge is -2.38. The number of hydrogen-bond donors (Lipinski definition) is 0. The number of nitriles is 1. The molecule has 0 bridgehead atoms. The molecule has 2 aromatic carbocycles. The van der Waals surface area contributed by atoms with Gasteiger partial charge in [-0.1, -0.05) is 48.5 Å². The van der Waals surface area contributed by atoms with E-state index in [1.165, 1.54) is 5.56 Å². The summed E-state index contributed by atoms with van der Waals surface area (Å²) in [4.78, 5) is 2.00. The van der Waals surface area contributed by atoms with Crippen molar-refractivity contribution >= 4 is 5.69 Å². The van der Waals surface area contributed by atoms with Crippen LogP contribution in [-0.4, -0.2) is 12.8 Å². The fourth-order valence-corrected chi connectivity index (χ4v) is 3.07. The predicted octanol–water partition coefficient (Wildman–Crippen LogP) is 4.45. The lowest BCUT2D eigenvalue weighted by atomic mass is 9.90. The Morgan fingerprint density at radius 1 is 1.09 bits per heavy atom. The molecule has 0 fully saturated rings. The van der Waals surface area contributed by atoms with Crippen molar-refractivity contribution in [3.63, 3.8) is 0 Å². The van der Waals surface area contributed by atoms with Crippen molar-refractivity contribution in [2.45, 2.75) is 25.5 Å². The average Bonchev–Trinajstić information content (AvgIpc) is 2.63. The molecule has 0 unspecified atom stereocenters. The topological polar surface area (TPSA) is 36.3 Å². The van der Waals surface area contributed by atoms with Crippen LogP contribution in [0.3, 0.4) is 0 Å². The van der Waals surface area contributed by atoms with E-state index >= 15 is 0 Å². The molecule has 0 N–H and O–H groups in total. The minimum absolute atomic E-state index is 0.132. The second kappa shape index (κ2) is 7.13. The summed E-state index contributed by atoms with van der Waals surface area (Å²) >= 11 is 0. The molecule has 3 heteroatoms. The average molecular weight is 304 g/mol. The number of allylic oxidation sites excluding steroid dienone is 2. The highest BCUT2D eigenvalue weighted by atomic mass is 16.5. The van der Waals surface area contributed by atoms with E-state index in [1.54, 1.807) is 0 Å². The maximum atomic E-state index is 9.66. The van der Waals surface area contributed by atoms with E-state index < -0.39 is 0 Å². The zero-order valence-corrected chi connectivity index (χ0v) is 13.2. The zero-order valence-electron chi connectivity index (χ0n) is 13.2. The molecule has 23 heavy (non-hydrogen) atoms. The van der Waals surface area contributed by atoms with Gasteiger partial charge >= 0.3 is 0 Å². The third-order valence-corrected chi connectivity index (χ3v) is 4.10. The Morgan fingerprint density at radius 3 is 2.35 bits per heavy atom. The highest BCUT2D eigenvalue weighted by molar-refractivity contribution is 5.58. The van der Waals surface area contributed by atoms with Crippen molar-refractivity contribution in [1.82, 2.24) is 0 Å². The molecule has 0 spiro atoms. The van der Waals surface area contributed by atoms with Crippen LogP contribution in [0.4, 0.5) is 5.69 Å². The summed E-state index contributed by atoms with van der Waals surface area (Å²) in [6.45, 7) is 2.61. The largest absolute Gasteiger partial charge is 0.358 e. The van der Waals surface area contributed by atoms with Crippen LogP contribution in [0.2, 0.25) is 0 Å². The number of anilines is 1. The van der Waals surface area contributed by atoms with Gasteiger partial charge < -0.3 is 9.64 Å². The third-order valence-electron chi connectivity index (χ3n) is 4.10. The molecular formula is C20H20N2O. The molecule has 116 valence electrons. The highest BCUT2D eigenvalue weighted by Crippen LogP contribution is 2.36. The van der Waals surface area contributed by atoms with Crippen LogP contribution < -0.4 is 4.90 Å². The third kappa shape index (κ3) is 3.28. The summed E-state index contributed by atoms with van der Waals surface area (Å²) in [6.07, 6.45) is 2.75. The first-order valence-electron chi connectivity index (χ1n) is 7.96. The highest BCUT2D eigenvalue weighted by Gasteiger charge is 2.31. The van der Waals surface area contributed by atoms with Crippen molar-refractivity contribution in [1.29, 1.82) is 5.26 Å². The smallest absolute Gasteiger partial charge is 0.135 e. The van der Waals surface area contributed by atoms with Gasteiger partial charge in [-0.05, 0) is 30.7 Å². The molecule has 1 heterocycles. The lowest BCUT2D eigenvalue weighted by molar-refractivity contribution is 0.0535. The summed E-state index contributed by atoms with van der Waals surface area (Å²) < 4.78 is 5.97. The van der Waals surface area contributed by atoms with Gasteiger partial charge in [-0.2, -0.15) is 5.26 Å². The van der Waals surface area contributed by atoms with Gasteiger partial charge in [0.05, 0.1) is 0 Å². The van der Waals surface area contributed by atoms with Crippen LogP contribution in [0.25, 0.3) is 0 Å². The maximum Gasteiger partial charge on any atom is 0.135 e. The molecule has 0 saturated carbocycles. The van der Waals surface area contributed by atoms with Gasteiger partial charge in [0.25, 0.3) is 0 Å². The summed E-state index contributed by atoms with van der Waals surface area (Å²) in [6, 6.07) is 22.6. The minimum atomic E-state index is -0.132. The van der Waals surface area contributed by atoms with Gasteiger partial charge in [0.2, 0.25) is 0 Å². The summed E-state index contributed by atoms with van der Waals surface area (Å²) in [5.74, 6) is 0.197. The van der Waals surface area contributed by atoms with Gasteiger partial charge in [-0.3, -0.25) is 0 Å². The second-order valence-corrected chi connectivity index (χ2v) is 5.53. The van der Waals surface area contributed by atoms with Gasteiger partial charge in [-0.15, -0.1) is 0 Å². The number of ether oxygens (including phenoxy) is 1. The monoisotopic (exact) mass is 304 g/mol. The van der Waals surface area contributed by atoms with E-state index in [0.29, 0.717) is 12.3 Å². The second-order valence-electron chi connectivity index (χ2n) is 5.53. The van der Waals surface area contributed by atoms with Crippen LogP contribution in [0.15, 0.2) is 72.4 Å². The van der Waals surface area contributed by atoms with Crippen molar-refractivity contribution in [2.75, 3.05) is 11.5 Å². The van der Waals surface area contributed by atoms with E-state index in [4.69, 9.17) is 4.74 Å². The Kier molecular flexibility index (Phi) is 4.75. The van der Waals surface area contributed by atoms with Crippen LogP contribution >= 0.6 is 0 Å². The van der Waals surface area contributed by atoms with Crippen molar-refractivity contribution in [3.8, 4) is 6.07 Å². The Bertz CT molecular complexity index is 703. The molecule has 0 aliphatic carbocycles. The molecule has 3 rings (SSSR count). The number of benzene rings is 2. The normalized spacial score (nSPS) is 20.7. The van der Waals surface area contributed by atoms with E-state index in [9.17, 15) is 5.26 Å². The molecule has 2 atom stereocenters. The first-order chi connectivity index (χ1) is 11.3. The molecule has 0 aromatic heterocycles. The lowest BCUT2D eigenvalue weighted by Crippen LogP contribution is -2.40. The Morgan fingerprint density at radius 2 is 1.74 bits per heavy atom. The van der Waals surface area contributed by atoms with E-state index in [2.05, 4.69) is 24.3 Å². The molecule has 1 aliphatic rings. The Hall–Kier alpha value is -2.57. The van der Waals surface area contributed by atoms with Gasteiger partial charge in [0.15, 0.2) is 0 Å². The molecular weight excluding hydrogens is 284 g/mol. The van der Waals surface area contributed by atoms with Crippen LogP contribution in [0.5, 0.6) is 0 Å². The number of para-hydroxylation sites is 1. The molecule has 0 saturated heterocycles. The van der Waals surface area contributed by atoms with Gasteiger partial charge in [-0.25, -0.2) is 0 Å².